The molecule has 0 atom stereocenters. The van der Waals surface area contributed by atoms with Crippen LogP contribution >= 0.6 is 0 Å². The second-order valence-corrected chi connectivity index (χ2v) is 4.08. The van der Waals surface area contributed by atoms with Crippen molar-refractivity contribution >= 4 is 5.71 Å². The van der Waals surface area contributed by atoms with Crippen LogP contribution in [-0.4, -0.2) is 23.7 Å². The topological polar surface area (TPSA) is 41.8 Å². The van der Waals surface area contributed by atoms with Crippen molar-refractivity contribution in [2.75, 3.05) is 6.61 Å². The van der Waals surface area contributed by atoms with E-state index in [2.05, 4.69) is 5.16 Å². The summed E-state index contributed by atoms with van der Waals surface area (Å²) in [6.07, 6.45) is -3.82. The summed E-state index contributed by atoms with van der Waals surface area (Å²) in [5.41, 5.74) is 2.37. The van der Waals surface area contributed by atoms with Crippen molar-refractivity contribution < 1.29 is 23.1 Å². The summed E-state index contributed by atoms with van der Waals surface area (Å²) in [7, 11) is 0. The van der Waals surface area contributed by atoms with E-state index in [1.165, 1.54) is 0 Å². The van der Waals surface area contributed by atoms with Gasteiger partial charge in [-0.15, -0.1) is 0 Å². The number of ether oxygens (including phenoxy) is 1. The summed E-state index contributed by atoms with van der Waals surface area (Å²) in [5, 5.41) is 11.9. The van der Waals surface area contributed by atoms with Crippen LogP contribution in [0, 0.1) is 0 Å². The maximum absolute atomic E-state index is 12.0. The fourth-order valence-electron chi connectivity index (χ4n) is 1.92. The number of aryl methyl sites for hydroxylation is 1. The number of hydrogen-bond acceptors (Lipinski definition) is 3. The first-order chi connectivity index (χ1) is 8.49. The Hall–Kier alpha value is -1.72. The van der Waals surface area contributed by atoms with Crippen LogP contribution < -0.4 is 4.74 Å². The van der Waals surface area contributed by atoms with Crippen molar-refractivity contribution in [2.24, 2.45) is 5.16 Å². The molecule has 0 spiro atoms. The molecule has 0 radical (unpaired) electrons. The van der Waals surface area contributed by atoms with Crippen molar-refractivity contribution in [3.63, 3.8) is 0 Å². The van der Waals surface area contributed by atoms with Gasteiger partial charge in [0.25, 0.3) is 0 Å². The first-order valence-corrected chi connectivity index (χ1v) is 5.53. The van der Waals surface area contributed by atoms with Gasteiger partial charge in [-0.25, -0.2) is 0 Å². The number of oxime groups is 1. The Kier molecular flexibility index (Phi) is 3.45. The maximum atomic E-state index is 12.0. The van der Waals surface area contributed by atoms with Crippen molar-refractivity contribution in [1.29, 1.82) is 0 Å². The van der Waals surface area contributed by atoms with E-state index in [4.69, 9.17) is 9.94 Å². The number of halogens is 3. The predicted octanol–water partition coefficient (Wildman–Crippen LogP) is 3.14. The molecule has 0 amide bonds. The fourth-order valence-corrected chi connectivity index (χ4v) is 1.92. The lowest BCUT2D eigenvalue weighted by molar-refractivity contribution is -0.139. The third-order valence-corrected chi connectivity index (χ3v) is 2.79. The number of nitrogens with zero attached hydrogens (tertiary/aromatic N) is 1. The smallest absolute Gasteiger partial charge is 0.392 e. The monoisotopic (exact) mass is 259 g/mol. The lowest BCUT2D eigenvalue weighted by Gasteiger charge is -2.09. The summed E-state index contributed by atoms with van der Waals surface area (Å²) in [6, 6.07) is 5.00. The number of rotatable bonds is 3. The van der Waals surface area contributed by atoms with Gasteiger partial charge in [0.1, 0.15) is 5.75 Å². The Balaban J connectivity index is 2.01. The van der Waals surface area contributed by atoms with Crippen LogP contribution in [0.15, 0.2) is 23.4 Å². The number of fused-ring (bicyclic) bond motifs is 1. The normalized spacial score (nSPS) is 16.9. The molecule has 18 heavy (non-hydrogen) atoms. The number of hydrogen-bond donors (Lipinski definition) is 1. The molecule has 0 fully saturated rings. The molecule has 0 aliphatic heterocycles. The molecule has 0 saturated heterocycles. The molecule has 0 aromatic heterocycles. The molecular weight excluding hydrogens is 247 g/mol. The summed E-state index contributed by atoms with van der Waals surface area (Å²) >= 11 is 0. The van der Waals surface area contributed by atoms with E-state index >= 15 is 0 Å². The van der Waals surface area contributed by atoms with Crippen molar-refractivity contribution in [3.8, 4) is 5.75 Å². The van der Waals surface area contributed by atoms with Crippen LogP contribution in [0.3, 0.4) is 0 Å². The standard InChI is InChI=1S/C12H12F3NO2/c13-12(14,15)5-6-18-9-2-3-10-8(7-9)1-4-11(10)16-17/h2-3,7,17H,1,4-6H2/b16-11-. The van der Waals surface area contributed by atoms with E-state index in [1.54, 1.807) is 18.2 Å². The van der Waals surface area contributed by atoms with Crippen LogP contribution in [0.1, 0.15) is 24.0 Å². The summed E-state index contributed by atoms with van der Waals surface area (Å²) < 4.78 is 40.9. The zero-order valence-electron chi connectivity index (χ0n) is 9.50. The second kappa shape index (κ2) is 4.88. The second-order valence-electron chi connectivity index (χ2n) is 4.08. The molecule has 2 rings (SSSR count). The van der Waals surface area contributed by atoms with Gasteiger partial charge in [0.05, 0.1) is 18.7 Å². The molecule has 3 nitrogen and oxygen atoms in total. The van der Waals surface area contributed by atoms with Gasteiger partial charge >= 0.3 is 6.18 Å². The number of benzene rings is 1. The van der Waals surface area contributed by atoms with E-state index < -0.39 is 12.6 Å². The minimum Gasteiger partial charge on any atom is -0.493 e. The van der Waals surface area contributed by atoms with Crippen LogP contribution in [-0.2, 0) is 6.42 Å². The zero-order chi connectivity index (χ0) is 13.2. The highest BCUT2D eigenvalue weighted by Crippen LogP contribution is 2.27. The Bertz CT molecular complexity index is 469. The van der Waals surface area contributed by atoms with E-state index in [1.807, 2.05) is 0 Å². The molecule has 98 valence electrons. The Morgan fingerprint density at radius 1 is 1.28 bits per heavy atom. The van der Waals surface area contributed by atoms with E-state index in [9.17, 15) is 13.2 Å². The molecule has 1 N–H and O–H groups in total. The van der Waals surface area contributed by atoms with Gasteiger partial charge in [-0.05, 0) is 36.6 Å². The minimum absolute atomic E-state index is 0.386. The van der Waals surface area contributed by atoms with E-state index in [0.29, 0.717) is 24.3 Å². The lowest BCUT2D eigenvalue weighted by atomic mass is 10.1. The maximum Gasteiger partial charge on any atom is 0.392 e. The molecule has 0 heterocycles. The molecule has 1 aliphatic carbocycles. The Labute approximate surface area is 102 Å². The summed E-state index contributed by atoms with van der Waals surface area (Å²) in [4.78, 5) is 0. The molecule has 0 unspecified atom stereocenters. The molecule has 1 aromatic carbocycles. The number of alkyl halides is 3. The average molecular weight is 259 g/mol. The minimum atomic E-state index is -4.20. The highest BCUT2D eigenvalue weighted by molar-refractivity contribution is 6.04. The first-order valence-electron chi connectivity index (χ1n) is 5.53. The molecule has 6 heteroatoms. The lowest BCUT2D eigenvalue weighted by Crippen LogP contribution is -2.13. The van der Waals surface area contributed by atoms with Gasteiger partial charge in [0.2, 0.25) is 0 Å². The summed E-state index contributed by atoms with van der Waals surface area (Å²) in [5.74, 6) is 0.414. The quantitative estimate of drug-likeness (QED) is 0.669. The fraction of sp³-hybridized carbons (Fsp3) is 0.417. The van der Waals surface area contributed by atoms with Crippen molar-refractivity contribution in [1.82, 2.24) is 0 Å². The van der Waals surface area contributed by atoms with Gasteiger partial charge in [0.15, 0.2) is 0 Å². The highest BCUT2D eigenvalue weighted by atomic mass is 19.4. The molecule has 0 bridgehead atoms. The third-order valence-electron chi connectivity index (χ3n) is 2.79. The van der Waals surface area contributed by atoms with Gasteiger partial charge in [-0.3, -0.25) is 0 Å². The van der Waals surface area contributed by atoms with Gasteiger partial charge in [0, 0.05) is 5.56 Å². The average Bonchev–Trinajstić information content (AvgIpc) is 2.69. The van der Waals surface area contributed by atoms with Crippen LogP contribution in [0.25, 0.3) is 0 Å². The predicted molar refractivity (Wildman–Crippen MR) is 59.3 cm³/mol. The van der Waals surface area contributed by atoms with Crippen LogP contribution in [0.2, 0.25) is 0 Å². The highest BCUT2D eigenvalue weighted by Gasteiger charge is 2.27. The first kappa shape index (κ1) is 12.7. The molecule has 0 saturated carbocycles. The zero-order valence-corrected chi connectivity index (χ0v) is 9.50. The molecule has 1 aliphatic rings. The Morgan fingerprint density at radius 2 is 2.06 bits per heavy atom. The molecule has 1 aromatic rings. The van der Waals surface area contributed by atoms with Gasteiger partial charge < -0.3 is 9.94 Å². The van der Waals surface area contributed by atoms with Gasteiger partial charge in [-0.1, -0.05) is 5.16 Å². The Morgan fingerprint density at radius 3 is 2.72 bits per heavy atom. The largest absolute Gasteiger partial charge is 0.493 e. The molecular formula is C12H12F3NO2. The third kappa shape index (κ3) is 2.94. The SMILES string of the molecule is O/N=C1/CCc2cc(OCCC(F)(F)F)ccc21. The van der Waals surface area contributed by atoms with E-state index in [0.717, 1.165) is 11.1 Å². The van der Waals surface area contributed by atoms with Crippen molar-refractivity contribution in [2.45, 2.75) is 25.4 Å². The summed E-state index contributed by atoms with van der Waals surface area (Å²) in [6.45, 7) is -0.386. The van der Waals surface area contributed by atoms with E-state index in [-0.39, 0.29) is 6.61 Å². The van der Waals surface area contributed by atoms with Gasteiger partial charge in [-0.2, -0.15) is 13.2 Å². The van der Waals surface area contributed by atoms with Crippen LogP contribution in [0.5, 0.6) is 5.75 Å². The van der Waals surface area contributed by atoms with Crippen LogP contribution in [0.4, 0.5) is 13.2 Å². The van der Waals surface area contributed by atoms with Crippen molar-refractivity contribution in [3.05, 3.63) is 29.3 Å².